The predicted octanol–water partition coefficient (Wildman–Crippen LogP) is 0.742. The summed E-state index contributed by atoms with van der Waals surface area (Å²) in [5, 5.41) is 16.7. The number of nitrogens with one attached hydrogen (secondary N) is 3. The number of Topliss-reactive ketones (excluding diaryl/α,β-unsaturated/α-hetero) is 1. The van der Waals surface area contributed by atoms with Gasteiger partial charge in [-0.2, -0.15) is 0 Å². The molecule has 0 radical (unpaired) electrons. The average Bonchev–Trinajstić information content (AvgIpc) is 2.82. The Balaban J connectivity index is 2.78. The van der Waals surface area contributed by atoms with E-state index in [2.05, 4.69) is 30.6 Å². The maximum atomic E-state index is 12.9. The van der Waals surface area contributed by atoms with Crippen LogP contribution in [0.25, 0.3) is 0 Å². The number of carbonyl (C=O) groups is 3. The molecule has 1 aromatic heterocycles. The van der Waals surface area contributed by atoms with Crippen LogP contribution in [0.3, 0.4) is 0 Å². The van der Waals surface area contributed by atoms with Crippen LogP contribution in [0.5, 0.6) is 5.75 Å². The van der Waals surface area contributed by atoms with Gasteiger partial charge in [0.1, 0.15) is 5.82 Å². The molecule has 14 heteroatoms. The number of alkyl carbamates (subject to hydrolysis) is 1. The second-order valence-corrected chi connectivity index (χ2v) is 9.40. The fourth-order valence-corrected chi connectivity index (χ4v) is 2.59. The molecule has 0 bridgehead atoms. The first-order valence-electron chi connectivity index (χ1n) is 11.6. The van der Waals surface area contributed by atoms with E-state index in [1.54, 1.807) is 41.5 Å². The maximum absolute atomic E-state index is 12.9. The molecule has 202 valence electrons. The Hall–Kier alpha value is -3.73. The van der Waals surface area contributed by atoms with Crippen LogP contribution in [0.1, 0.15) is 53.3 Å². The zero-order valence-corrected chi connectivity index (χ0v) is 22.3. The van der Waals surface area contributed by atoms with Crippen molar-refractivity contribution in [2.45, 2.75) is 71.6 Å². The van der Waals surface area contributed by atoms with Crippen LogP contribution < -0.4 is 20.7 Å². The van der Waals surface area contributed by atoms with Gasteiger partial charge in [-0.1, -0.05) is 0 Å². The van der Waals surface area contributed by atoms with Gasteiger partial charge in [0, 0.05) is 0 Å². The molecule has 1 unspecified atom stereocenters. The fourth-order valence-electron chi connectivity index (χ4n) is 2.59. The number of carbonyl (C=O) groups excluding carboxylic acids is 3. The van der Waals surface area contributed by atoms with Crippen molar-refractivity contribution in [3.8, 4) is 12.0 Å². The van der Waals surface area contributed by atoms with Crippen molar-refractivity contribution in [1.29, 1.82) is 5.26 Å². The zero-order chi connectivity index (χ0) is 28.1. The molecule has 37 heavy (non-hydrogen) atoms. The Bertz CT molecular complexity index is 987. The molecule has 2 amide bonds. The van der Waals surface area contributed by atoms with Crippen LogP contribution in [0.2, 0.25) is 0 Å². The van der Waals surface area contributed by atoms with E-state index in [9.17, 15) is 14.4 Å². The SMILES string of the molecule is COC(C)(C)C(=O)NC(CCCNC(=BOC#N)NC(=O)OC(C)(C)C)C(=O)COc1cnc(C)nc1. The van der Waals surface area contributed by atoms with Gasteiger partial charge >= 0.3 is 204 Å². The molecule has 3 N–H and O–H groups in total. The number of rotatable bonds is 14. The number of amides is 2. The van der Waals surface area contributed by atoms with Crippen LogP contribution in [-0.2, 0) is 23.7 Å². The molecule has 1 rings (SSSR count). The molecule has 1 heterocycles. The van der Waals surface area contributed by atoms with Gasteiger partial charge in [0.15, 0.2) is 0 Å². The van der Waals surface area contributed by atoms with E-state index in [-0.39, 0.29) is 31.1 Å². The van der Waals surface area contributed by atoms with Gasteiger partial charge in [0.25, 0.3) is 0 Å². The van der Waals surface area contributed by atoms with Crippen LogP contribution >= 0.6 is 0 Å². The van der Waals surface area contributed by atoms with Gasteiger partial charge in [0.05, 0.1) is 0 Å². The van der Waals surface area contributed by atoms with E-state index in [4.69, 9.17) is 19.5 Å². The number of aryl methyl sites for hydroxylation is 1. The molecule has 0 spiro atoms. The number of aromatic nitrogens is 2. The first-order valence-corrected chi connectivity index (χ1v) is 11.6. The second kappa shape index (κ2) is 14.7. The number of methoxy groups -OCH3 is 1. The van der Waals surface area contributed by atoms with Gasteiger partial charge in [0.2, 0.25) is 0 Å². The predicted molar refractivity (Wildman–Crippen MR) is 134 cm³/mol. The second-order valence-electron chi connectivity index (χ2n) is 9.40. The van der Waals surface area contributed by atoms with Crippen molar-refractivity contribution < 1.29 is 33.2 Å². The van der Waals surface area contributed by atoms with Crippen molar-refractivity contribution >= 4 is 30.6 Å². The topological polar surface area (TPSA) is 174 Å². The van der Waals surface area contributed by atoms with E-state index in [0.29, 0.717) is 18.0 Å². The first kappa shape index (κ1) is 31.3. The molecule has 0 aliphatic heterocycles. The van der Waals surface area contributed by atoms with Crippen LogP contribution in [0.15, 0.2) is 12.4 Å². The third kappa shape index (κ3) is 12.7. The third-order valence-electron chi connectivity index (χ3n) is 4.74. The summed E-state index contributed by atoms with van der Waals surface area (Å²) in [7, 11) is 2.42. The normalized spacial score (nSPS) is 12.3. The summed E-state index contributed by atoms with van der Waals surface area (Å²) in [6.45, 7) is 9.97. The van der Waals surface area contributed by atoms with Crippen molar-refractivity contribution in [1.82, 2.24) is 25.9 Å². The zero-order valence-electron chi connectivity index (χ0n) is 22.3. The van der Waals surface area contributed by atoms with E-state index in [1.165, 1.54) is 25.8 Å². The van der Waals surface area contributed by atoms with Crippen LogP contribution in [-0.4, -0.2) is 78.1 Å². The van der Waals surface area contributed by atoms with Gasteiger partial charge in [-0.05, 0) is 6.92 Å². The molecule has 1 aromatic rings. The molecule has 0 aliphatic carbocycles. The van der Waals surface area contributed by atoms with Crippen molar-refractivity contribution in [3.05, 3.63) is 18.2 Å². The Morgan fingerprint density at radius 3 is 2.38 bits per heavy atom. The van der Waals surface area contributed by atoms with E-state index in [1.807, 2.05) is 0 Å². The third-order valence-corrected chi connectivity index (χ3v) is 4.74. The molecule has 0 aliphatic rings. The molecule has 1 atom stereocenters. The number of hydrogen-bond donors (Lipinski definition) is 3. The van der Waals surface area contributed by atoms with Crippen LogP contribution in [0.4, 0.5) is 4.79 Å². The number of nitriles is 1. The quantitative estimate of drug-likeness (QED) is 0.180. The Kier molecular flexibility index (Phi) is 12.5. The summed E-state index contributed by atoms with van der Waals surface area (Å²) < 4.78 is 20.5. The van der Waals surface area contributed by atoms with Gasteiger partial charge < -0.3 is 0 Å². The average molecular weight is 518 g/mol. The standard InChI is InChI=1S/C23H35BN6O7/c1-15-27-11-16(12-28-15)35-13-18(31)17(29-19(32)23(5,6)34-7)9-8-10-26-20(24-36-14-25)30-21(33)37-22(2,3)4/h11-12,17,26H,8-10,13H2,1-7H3,(H,29,32)(H,30,33). The molecule has 0 saturated heterocycles. The minimum atomic E-state index is -1.15. The van der Waals surface area contributed by atoms with E-state index in [0.717, 1.165) is 7.12 Å². The summed E-state index contributed by atoms with van der Waals surface area (Å²) in [6, 6.07) is -0.878. The first-order chi connectivity index (χ1) is 17.3. The number of hydrogen-bond acceptors (Lipinski definition) is 11. The van der Waals surface area contributed by atoms with Gasteiger partial charge in [-0.3, -0.25) is 0 Å². The van der Waals surface area contributed by atoms with Gasteiger partial charge in [-0.15, -0.1) is 0 Å². The Morgan fingerprint density at radius 1 is 1.16 bits per heavy atom. The molecule has 0 saturated carbocycles. The van der Waals surface area contributed by atoms with E-state index < -0.39 is 29.2 Å². The Labute approximate surface area is 217 Å². The van der Waals surface area contributed by atoms with Gasteiger partial charge in [-0.25, -0.2) is 0 Å². The van der Waals surface area contributed by atoms with Crippen molar-refractivity contribution in [2.75, 3.05) is 20.3 Å². The number of ketones is 1. The summed E-state index contributed by atoms with van der Waals surface area (Å²) in [5.74, 6) is 0.0575. The summed E-state index contributed by atoms with van der Waals surface area (Å²) >= 11 is 0. The molecule has 13 nitrogen and oxygen atoms in total. The Morgan fingerprint density at radius 2 is 1.81 bits per heavy atom. The van der Waals surface area contributed by atoms with E-state index >= 15 is 0 Å². The fraction of sp³-hybridized carbons (Fsp3) is 0.609. The molecular weight excluding hydrogens is 483 g/mol. The summed E-state index contributed by atoms with van der Waals surface area (Å²) in [6.07, 6.45) is 4.27. The number of ether oxygens (including phenoxy) is 3. The number of nitrogens with zero attached hydrogens (tertiary/aromatic N) is 3. The summed E-state index contributed by atoms with van der Waals surface area (Å²) in [4.78, 5) is 45.6. The molecule has 0 fully saturated rings. The van der Waals surface area contributed by atoms with Crippen molar-refractivity contribution in [3.63, 3.8) is 0 Å². The molecule has 0 aromatic carbocycles. The monoisotopic (exact) mass is 518 g/mol. The summed E-state index contributed by atoms with van der Waals surface area (Å²) in [5.41, 5.74) is -1.78. The molecular formula is C23H35BN6O7. The minimum absolute atomic E-state index is 0.0888. The van der Waals surface area contributed by atoms with Crippen LogP contribution in [0, 0.1) is 18.4 Å². The van der Waals surface area contributed by atoms with Crippen molar-refractivity contribution in [2.24, 2.45) is 0 Å².